The molecular weight excluding hydrogens is 725 g/mol. The number of carbonyl (C=O) groups excluding carboxylic acids is 3. The second kappa shape index (κ2) is 17.9. The van der Waals surface area contributed by atoms with Gasteiger partial charge in [-0.1, -0.05) is 36.4 Å². The molecule has 0 radical (unpaired) electrons. The Morgan fingerprint density at radius 1 is 0.895 bits per heavy atom. The molecule has 0 aromatic heterocycles. The number of β-amino-alcohol motifs (C(OH)–C–C–N with tert-alkyl or cyclic N) is 1. The van der Waals surface area contributed by atoms with Crippen molar-refractivity contribution < 1.29 is 38.4 Å². The second-order valence-corrected chi connectivity index (χ2v) is 16.8. The predicted molar refractivity (Wildman–Crippen MR) is 219 cm³/mol. The number of aliphatic hydroxyl groups excluding tert-OH is 1. The van der Waals surface area contributed by atoms with Gasteiger partial charge in [-0.3, -0.25) is 9.59 Å². The average Bonchev–Trinajstić information content (AvgIpc) is 3.95. The van der Waals surface area contributed by atoms with Crippen LogP contribution in [0.4, 0.5) is 16.2 Å². The van der Waals surface area contributed by atoms with Crippen molar-refractivity contribution in [2.24, 2.45) is 5.92 Å². The van der Waals surface area contributed by atoms with Crippen LogP contribution in [0.25, 0.3) is 11.1 Å². The zero-order valence-corrected chi connectivity index (χ0v) is 33.9. The van der Waals surface area contributed by atoms with Crippen molar-refractivity contribution in [3.63, 3.8) is 0 Å². The van der Waals surface area contributed by atoms with E-state index in [1.165, 1.54) is 0 Å². The number of rotatable bonds is 14. The van der Waals surface area contributed by atoms with E-state index >= 15 is 4.79 Å². The number of aliphatic hydroxyl groups is 1. The third kappa shape index (κ3) is 10.1. The highest BCUT2D eigenvalue weighted by atomic mass is 16.6. The fraction of sp³-hybridized carbons (Fsp3) is 0.533. The molecule has 4 aliphatic rings. The maximum Gasteiger partial charge on any atom is 0.410 e. The Morgan fingerprint density at radius 2 is 1.68 bits per heavy atom. The van der Waals surface area contributed by atoms with Crippen LogP contribution in [-0.2, 0) is 19.1 Å². The molecule has 3 aromatic carbocycles. The molecule has 306 valence electrons. The SMILES string of the molecule is COCCCN1C(=O)COc2ccc(N(C(=O)[C@H]3CN(C(=O)OC(C)(C)C)CC[C@@H]3c3cccc(-c4ccc(OCCCN5CCC(O)C5)cc4)c3)C3CC3)cc21. The lowest BCUT2D eigenvalue weighted by Gasteiger charge is -2.41. The molecule has 7 rings (SSSR count). The van der Waals surface area contributed by atoms with E-state index in [1.54, 1.807) is 16.9 Å². The van der Waals surface area contributed by atoms with Gasteiger partial charge in [0.25, 0.3) is 5.91 Å². The zero-order valence-electron chi connectivity index (χ0n) is 33.9. The van der Waals surface area contributed by atoms with Crippen molar-refractivity contribution in [1.29, 1.82) is 0 Å². The Kier molecular flexibility index (Phi) is 12.7. The van der Waals surface area contributed by atoms with Crippen LogP contribution in [0.2, 0.25) is 0 Å². The Balaban J connectivity index is 1.12. The van der Waals surface area contributed by atoms with Crippen LogP contribution in [0.15, 0.2) is 66.7 Å². The van der Waals surface area contributed by atoms with Crippen molar-refractivity contribution >= 4 is 29.3 Å². The normalized spacial score (nSPS) is 21.2. The summed E-state index contributed by atoms with van der Waals surface area (Å²) < 4.78 is 22.9. The number of hydrogen-bond donors (Lipinski definition) is 1. The van der Waals surface area contributed by atoms with Gasteiger partial charge in [-0.15, -0.1) is 0 Å². The lowest BCUT2D eigenvalue weighted by Crippen LogP contribution is -2.51. The fourth-order valence-electron chi connectivity index (χ4n) is 8.26. The molecule has 12 nitrogen and oxygen atoms in total. The van der Waals surface area contributed by atoms with Crippen molar-refractivity contribution in [1.82, 2.24) is 9.80 Å². The van der Waals surface area contributed by atoms with Crippen molar-refractivity contribution in [3.05, 3.63) is 72.3 Å². The maximum atomic E-state index is 15.1. The summed E-state index contributed by atoms with van der Waals surface area (Å²) in [6.45, 7) is 10.4. The van der Waals surface area contributed by atoms with E-state index in [2.05, 4.69) is 35.2 Å². The van der Waals surface area contributed by atoms with Crippen LogP contribution in [0.3, 0.4) is 0 Å². The predicted octanol–water partition coefficient (Wildman–Crippen LogP) is 6.49. The van der Waals surface area contributed by atoms with Crippen molar-refractivity contribution in [2.75, 3.05) is 76.0 Å². The maximum absolute atomic E-state index is 15.1. The van der Waals surface area contributed by atoms with Crippen LogP contribution in [-0.4, -0.2) is 117 Å². The highest BCUT2D eigenvalue weighted by molar-refractivity contribution is 6.01. The van der Waals surface area contributed by atoms with Gasteiger partial charge in [0.15, 0.2) is 6.61 Å². The summed E-state index contributed by atoms with van der Waals surface area (Å²) in [7, 11) is 1.64. The summed E-state index contributed by atoms with van der Waals surface area (Å²) in [4.78, 5) is 49.2. The highest BCUT2D eigenvalue weighted by Crippen LogP contribution is 2.43. The molecule has 2 saturated heterocycles. The number of amides is 3. The number of likely N-dealkylation sites (tertiary alicyclic amines) is 2. The third-order valence-corrected chi connectivity index (χ3v) is 11.3. The minimum Gasteiger partial charge on any atom is -0.494 e. The lowest BCUT2D eigenvalue weighted by atomic mass is 9.78. The molecule has 3 atom stereocenters. The molecule has 3 amide bonds. The first-order chi connectivity index (χ1) is 27.5. The topological polar surface area (TPSA) is 121 Å². The van der Waals surface area contributed by atoms with Crippen LogP contribution < -0.4 is 19.3 Å². The minimum absolute atomic E-state index is 0.0236. The Labute approximate surface area is 336 Å². The molecule has 1 N–H and O–H groups in total. The van der Waals surface area contributed by atoms with Crippen LogP contribution >= 0.6 is 0 Å². The van der Waals surface area contributed by atoms with Crippen LogP contribution in [0, 0.1) is 5.92 Å². The summed E-state index contributed by atoms with van der Waals surface area (Å²) in [6.07, 6.45) is 4.13. The zero-order chi connectivity index (χ0) is 40.1. The van der Waals surface area contributed by atoms with Gasteiger partial charge in [-0.25, -0.2) is 4.79 Å². The Morgan fingerprint density at radius 3 is 2.40 bits per heavy atom. The molecular formula is C45H58N4O8. The summed E-state index contributed by atoms with van der Waals surface area (Å²) in [5.74, 6) is 0.572. The summed E-state index contributed by atoms with van der Waals surface area (Å²) in [6, 6.07) is 22.2. The first kappa shape index (κ1) is 40.5. The van der Waals surface area contributed by atoms with E-state index < -0.39 is 17.6 Å². The second-order valence-electron chi connectivity index (χ2n) is 16.8. The summed E-state index contributed by atoms with van der Waals surface area (Å²) in [5.41, 5.74) is 3.84. The molecule has 12 heteroatoms. The monoisotopic (exact) mass is 782 g/mol. The molecule has 0 spiro atoms. The number of hydrogen-bond acceptors (Lipinski definition) is 9. The van der Waals surface area contributed by atoms with Crippen LogP contribution in [0.1, 0.15) is 70.8 Å². The molecule has 3 fully saturated rings. The Hall–Kier alpha value is -4.65. The van der Waals surface area contributed by atoms with Gasteiger partial charge >= 0.3 is 6.09 Å². The van der Waals surface area contributed by atoms with Gasteiger partial charge in [-0.05, 0) is 112 Å². The highest BCUT2D eigenvalue weighted by Gasteiger charge is 2.44. The number of benzene rings is 3. The molecule has 1 unspecified atom stereocenters. The summed E-state index contributed by atoms with van der Waals surface area (Å²) >= 11 is 0. The van der Waals surface area contributed by atoms with Gasteiger partial charge in [0.05, 0.1) is 24.3 Å². The standard InChI is InChI=1S/C45H58N4O8/c1-45(2,3)57-44(53)47-23-19-38(33-9-5-8-32(26-33)31-10-15-37(16-11-31)55-25-6-20-46-22-18-36(50)28-46)39(29-47)43(52)49(34-12-13-34)35-14-17-41-40(27-35)48(21-7-24-54-4)42(51)30-56-41/h5,8-11,14-17,26-27,34,36,38-39,50H,6-7,12-13,18-25,28-30H2,1-4H3/t36?,38-,39+/m1/s1. The molecule has 0 bridgehead atoms. The molecule has 3 aromatic rings. The van der Waals surface area contributed by atoms with Crippen molar-refractivity contribution in [3.8, 4) is 22.6 Å². The molecule has 1 aliphatic carbocycles. The molecule has 1 saturated carbocycles. The molecule has 57 heavy (non-hydrogen) atoms. The van der Waals surface area contributed by atoms with Gasteiger partial charge in [0, 0.05) is 64.7 Å². The van der Waals surface area contributed by atoms with Gasteiger partial charge in [0.1, 0.15) is 17.1 Å². The smallest absolute Gasteiger partial charge is 0.410 e. The van der Waals surface area contributed by atoms with E-state index in [4.69, 9.17) is 18.9 Å². The van der Waals surface area contributed by atoms with Crippen LogP contribution in [0.5, 0.6) is 11.5 Å². The van der Waals surface area contributed by atoms with Gasteiger partial charge < -0.3 is 43.7 Å². The first-order valence-corrected chi connectivity index (χ1v) is 20.6. The average molecular weight is 783 g/mol. The number of carbonyl (C=O) groups is 3. The number of anilines is 2. The third-order valence-electron chi connectivity index (χ3n) is 11.3. The Bertz CT molecular complexity index is 1880. The number of ether oxygens (including phenoxy) is 4. The van der Waals surface area contributed by atoms with Gasteiger partial charge in [-0.2, -0.15) is 0 Å². The summed E-state index contributed by atoms with van der Waals surface area (Å²) in [5, 5.41) is 9.78. The van der Waals surface area contributed by atoms with E-state index in [9.17, 15) is 14.7 Å². The first-order valence-electron chi connectivity index (χ1n) is 20.6. The number of piperidine rings is 1. The molecule has 3 aliphatic heterocycles. The lowest BCUT2D eigenvalue weighted by molar-refractivity contribution is -0.124. The van der Waals surface area contributed by atoms with Crippen molar-refractivity contribution in [2.45, 2.75) is 83.0 Å². The van der Waals surface area contributed by atoms with E-state index in [-0.39, 0.29) is 43.0 Å². The minimum atomic E-state index is -0.668. The molecule has 3 heterocycles. The number of methoxy groups -OCH3 is 1. The van der Waals surface area contributed by atoms with Gasteiger partial charge in [0.2, 0.25) is 5.91 Å². The van der Waals surface area contributed by atoms with E-state index in [1.807, 2.05) is 62.1 Å². The quantitative estimate of drug-likeness (QED) is 0.183. The van der Waals surface area contributed by atoms with E-state index in [0.29, 0.717) is 50.6 Å². The fourth-order valence-corrected chi connectivity index (χ4v) is 8.26. The number of nitrogens with zero attached hydrogens (tertiary/aromatic N) is 4. The number of fused-ring (bicyclic) bond motifs is 1. The largest absolute Gasteiger partial charge is 0.494 e. The van der Waals surface area contributed by atoms with E-state index in [0.717, 1.165) is 73.4 Å².